The van der Waals surface area contributed by atoms with E-state index in [4.69, 9.17) is 9.72 Å². The van der Waals surface area contributed by atoms with Crippen molar-refractivity contribution in [3.05, 3.63) is 17.7 Å². The third-order valence-electron chi connectivity index (χ3n) is 5.52. The lowest BCUT2D eigenvalue weighted by atomic mass is 10.1. The first-order valence-corrected chi connectivity index (χ1v) is 9.26. The molecule has 5 rings (SSSR count). The Kier molecular flexibility index (Phi) is 3.06. The van der Waals surface area contributed by atoms with Crippen LogP contribution in [-0.2, 0) is 6.42 Å². The summed E-state index contributed by atoms with van der Waals surface area (Å²) in [6, 6.07) is 4.86. The molecule has 1 saturated carbocycles. The van der Waals surface area contributed by atoms with Gasteiger partial charge in [0.1, 0.15) is 5.75 Å². The van der Waals surface area contributed by atoms with Gasteiger partial charge in [-0.25, -0.2) is 9.78 Å². The van der Waals surface area contributed by atoms with E-state index in [9.17, 15) is 4.79 Å². The zero-order chi connectivity index (χ0) is 16.4. The van der Waals surface area contributed by atoms with Crippen LogP contribution in [0.4, 0.5) is 9.93 Å². The molecule has 1 aliphatic carbocycles. The molecule has 1 saturated heterocycles. The van der Waals surface area contributed by atoms with Gasteiger partial charge in [-0.15, -0.1) is 0 Å². The largest absolute Gasteiger partial charge is 0.493 e. The Morgan fingerprint density at radius 2 is 2.25 bits per heavy atom. The van der Waals surface area contributed by atoms with Crippen LogP contribution in [0, 0.1) is 0 Å². The Morgan fingerprint density at radius 3 is 3.08 bits per heavy atom. The molecule has 126 valence electrons. The molecule has 1 N–H and O–H groups in total. The zero-order valence-corrected chi connectivity index (χ0v) is 14.6. The quantitative estimate of drug-likeness (QED) is 0.908. The molecule has 7 heteroatoms. The number of amides is 2. The van der Waals surface area contributed by atoms with Crippen molar-refractivity contribution >= 4 is 32.7 Å². The SMILES string of the molecule is CN(C)[C@@H]1CC[C@H]2[C@@H]1NC(=O)N2c1nc2c3c(ccc2s1)OCC3. The van der Waals surface area contributed by atoms with Crippen LogP contribution >= 0.6 is 11.3 Å². The Hall–Kier alpha value is -1.86. The van der Waals surface area contributed by atoms with Gasteiger partial charge in [0.2, 0.25) is 0 Å². The van der Waals surface area contributed by atoms with Crippen molar-refractivity contribution in [1.29, 1.82) is 0 Å². The van der Waals surface area contributed by atoms with Gasteiger partial charge in [0.15, 0.2) is 5.13 Å². The van der Waals surface area contributed by atoms with Gasteiger partial charge in [0.25, 0.3) is 0 Å². The first-order valence-electron chi connectivity index (χ1n) is 8.45. The molecule has 2 fully saturated rings. The molecule has 3 atom stereocenters. The number of benzene rings is 1. The van der Waals surface area contributed by atoms with E-state index in [1.807, 2.05) is 11.0 Å². The number of likely N-dealkylation sites (N-methyl/N-ethyl adjacent to an activating group) is 1. The molecule has 1 aromatic heterocycles. The Labute approximate surface area is 144 Å². The zero-order valence-electron chi connectivity index (χ0n) is 13.8. The van der Waals surface area contributed by atoms with Crippen molar-refractivity contribution < 1.29 is 9.53 Å². The van der Waals surface area contributed by atoms with Crippen molar-refractivity contribution in [1.82, 2.24) is 15.2 Å². The summed E-state index contributed by atoms with van der Waals surface area (Å²) in [5.74, 6) is 0.941. The number of fused-ring (bicyclic) bond motifs is 4. The minimum atomic E-state index is -0.0106. The fraction of sp³-hybridized carbons (Fsp3) is 0.529. The number of aromatic nitrogens is 1. The van der Waals surface area contributed by atoms with Gasteiger partial charge < -0.3 is 15.0 Å². The number of carbonyl (C=O) groups excluding carboxylic acids is 1. The highest BCUT2D eigenvalue weighted by atomic mass is 32.1. The van der Waals surface area contributed by atoms with Crippen LogP contribution in [0.25, 0.3) is 10.2 Å². The number of nitrogens with zero attached hydrogens (tertiary/aromatic N) is 3. The Balaban J connectivity index is 1.55. The lowest BCUT2D eigenvalue weighted by Crippen LogP contribution is -2.44. The second-order valence-electron chi connectivity index (χ2n) is 7.00. The maximum Gasteiger partial charge on any atom is 0.324 e. The molecule has 1 aromatic carbocycles. The van der Waals surface area contributed by atoms with Crippen molar-refractivity contribution in [2.45, 2.75) is 37.4 Å². The van der Waals surface area contributed by atoms with Gasteiger partial charge in [-0.1, -0.05) is 11.3 Å². The highest BCUT2D eigenvalue weighted by molar-refractivity contribution is 7.22. The number of urea groups is 1. The molecular formula is C17H20N4O2S. The van der Waals surface area contributed by atoms with Gasteiger partial charge in [0.05, 0.1) is 28.9 Å². The van der Waals surface area contributed by atoms with E-state index in [0.717, 1.165) is 47.0 Å². The summed E-state index contributed by atoms with van der Waals surface area (Å²) in [5.41, 5.74) is 2.19. The van der Waals surface area contributed by atoms with E-state index < -0.39 is 0 Å². The van der Waals surface area contributed by atoms with Crippen molar-refractivity contribution in [3.63, 3.8) is 0 Å². The number of ether oxygens (including phenoxy) is 1. The van der Waals surface area contributed by atoms with Gasteiger partial charge in [0, 0.05) is 18.0 Å². The van der Waals surface area contributed by atoms with E-state index in [1.54, 1.807) is 11.3 Å². The summed E-state index contributed by atoms with van der Waals surface area (Å²) >= 11 is 1.61. The first-order chi connectivity index (χ1) is 11.6. The molecule has 3 aliphatic rings. The monoisotopic (exact) mass is 344 g/mol. The number of hydrogen-bond acceptors (Lipinski definition) is 5. The summed E-state index contributed by atoms with van der Waals surface area (Å²) in [6.45, 7) is 0.723. The van der Waals surface area contributed by atoms with E-state index >= 15 is 0 Å². The first kappa shape index (κ1) is 14.5. The maximum atomic E-state index is 12.6. The molecule has 2 aromatic rings. The minimum Gasteiger partial charge on any atom is -0.493 e. The van der Waals surface area contributed by atoms with Gasteiger partial charge in [-0.05, 0) is 39.1 Å². The van der Waals surface area contributed by atoms with Gasteiger partial charge in [-0.2, -0.15) is 0 Å². The Bertz CT molecular complexity index is 833. The molecule has 2 aliphatic heterocycles. The van der Waals surface area contributed by atoms with Crippen LogP contribution in [0.3, 0.4) is 0 Å². The fourth-order valence-electron chi connectivity index (χ4n) is 4.37. The summed E-state index contributed by atoms with van der Waals surface area (Å²) in [5, 5.41) is 3.99. The number of hydrogen-bond donors (Lipinski definition) is 1. The van der Waals surface area contributed by atoms with Gasteiger partial charge >= 0.3 is 6.03 Å². The maximum absolute atomic E-state index is 12.6. The van der Waals surface area contributed by atoms with E-state index in [0.29, 0.717) is 6.04 Å². The van der Waals surface area contributed by atoms with Crippen LogP contribution in [-0.4, -0.2) is 54.7 Å². The smallest absolute Gasteiger partial charge is 0.324 e. The minimum absolute atomic E-state index is 0.0106. The lowest BCUT2D eigenvalue weighted by molar-refractivity contribution is 0.238. The molecule has 6 nitrogen and oxygen atoms in total. The van der Waals surface area contributed by atoms with Crippen molar-refractivity contribution in [3.8, 4) is 5.75 Å². The average Bonchev–Trinajstić information content (AvgIpc) is 3.26. The van der Waals surface area contributed by atoms with Crippen LogP contribution < -0.4 is 15.0 Å². The number of nitrogens with one attached hydrogen (secondary N) is 1. The molecule has 0 bridgehead atoms. The topological polar surface area (TPSA) is 57.7 Å². The number of anilines is 1. The fourth-order valence-corrected chi connectivity index (χ4v) is 5.42. The number of rotatable bonds is 2. The molecule has 24 heavy (non-hydrogen) atoms. The van der Waals surface area contributed by atoms with E-state index in [2.05, 4.69) is 30.4 Å². The molecule has 0 spiro atoms. The second kappa shape index (κ2) is 5.07. The predicted molar refractivity (Wildman–Crippen MR) is 94.1 cm³/mol. The predicted octanol–water partition coefficient (Wildman–Crippen LogP) is 2.22. The molecule has 0 unspecified atom stereocenters. The summed E-state index contributed by atoms with van der Waals surface area (Å²) < 4.78 is 6.77. The second-order valence-corrected chi connectivity index (χ2v) is 8.01. The highest BCUT2D eigenvalue weighted by Crippen LogP contribution is 2.41. The van der Waals surface area contributed by atoms with Crippen LogP contribution in [0.1, 0.15) is 18.4 Å². The normalized spacial score (nSPS) is 28.4. The number of carbonyl (C=O) groups is 1. The molecule has 3 heterocycles. The third-order valence-corrected chi connectivity index (χ3v) is 6.54. The van der Waals surface area contributed by atoms with Gasteiger partial charge in [-0.3, -0.25) is 4.90 Å². The average molecular weight is 344 g/mol. The summed E-state index contributed by atoms with van der Waals surface area (Å²) in [6.07, 6.45) is 3.02. The Morgan fingerprint density at radius 1 is 1.38 bits per heavy atom. The van der Waals surface area contributed by atoms with Crippen LogP contribution in [0.2, 0.25) is 0 Å². The summed E-state index contributed by atoms with van der Waals surface area (Å²) in [4.78, 5) is 21.6. The lowest BCUT2D eigenvalue weighted by Gasteiger charge is -2.24. The highest BCUT2D eigenvalue weighted by Gasteiger charge is 2.49. The molecule has 2 amide bonds. The molecule has 0 radical (unpaired) electrons. The van der Waals surface area contributed by atoms with Crippen molar-refractivity contribution in [2.75, 3.05) is 25.6 Å². The molecular weight excluding hydrogens is 324 g/mol. The van der Waals surface area contributed by atoms with Crippen LogP contribution in [0.5, 0.6) is 5.75 Å². The van der Waals surface area contributed by atoms with Crippen LogP contribution in [0.15, 0.2) is 12.1 Å². The van der Waals surface area contributed by atoms with E-state index in [1.165, 1.54) is 5.56 Å². The van der Waals surface area contributed by atoms with E-state index in [-0.39, 0.29) is 18.1 Å². The third kappa shape index (κ3) is 1.91. The number of thiazole rings is 1. The standard InChI is InChI=1S/C17H20N4O2S/c1-20(2)10-3-4-11-15(10)18-16(22)21(11)17-19-14-9-7-8-23-12(9)5-6-13(14)24-17/h5-6,10-11,15H,3-4,7-8H2,1-2H3,(H,18,22)/t10-,11+,15-/m1/s1. The summed E-state index contributed by atoms with van der Waals surface area (Å²) in [7, 11) is 4.17. The van der Waals surface area contributed by atoms with Crippen molar-refractivity contribution in [2.24, 2.45) is 0 Å².